The third kappa shape index (κ3) is 3.60. The number of aromatic nitrogens is 5. The Bertz CT molecular complexity index is 1700. The summed E-state index contributed by atoms with van der Waals surface area (Å²) in [7, 11) is 1.62. The topological polar surface area (TPSA) is 74.3 Å². The number of thiazole rings is 1. The largest absolute Gasteiger partial charge is 0.497 e. The highest BCUT2D eigenvalue weighted by molar-refractivity contribution is 7.15. The third-order valence-electron chi connectivity index (χ3n) is 5.33. The minimum absolute atomic E-state index is 0.197. The van der Waals surface area contributed by atoms with Crippen LogP contribution in [0.5, 0.6) is 5.75 Å². The molecule has 4 aromatic heterocycles. The molecule has 0 N–H and O–H groups in total. The van der Waals surface area contributed by atoms with Crippen LogP contribution in [0.1, 0.15) is 5.56 Å². The Kier molecular flexibility index (Phi) is 5.05. The molecule has 0 saturated carbocycles. The molecule has 6 rings (SSSR count). The number of para-hydroxylation sites is 1. The maximum atomic E-state index is 13.1. The van der Waals surface area contributed by atoms with E-state index in [9.17, 15) is 4.79 Å². The van der Waals surface area contributed by atoms with Crippen LogP contribution in [0.25, 0.3) is 38.7 Å². The van der Waals surface area contributed by atoms with E-state index in [1.54, 1.807) is 18.4 Å². The minimum atomic E-state index is -0.197. The van der Waals surface area contributed by atoms with Gasteiger partial charge in [-0.2, -0.15) is 14.6 Å². The van der Waals surface area contributed by atoms with Gasteiger partial charge in [-0.1, -0.05) is 35.6 Å². The summed E-state index contributed by atoms with van der Waals surface area (Å²) in [6.45, 7) is 0. The van der Waals surface area contributed by atoms with Gasteiger partial charge in [0.15, 0.2) is 5.82 Å². The predicted molar refractivity (Wildman–Crippen MR) is 135 cm³/mol. The van der Waals surface area contributed by atoms with Crippen molar-refractivity contribution in [3.05, 3.63) is 98.8 Å². The van der Waals surface area contributed by atoms with Gasteiger partial charge in [0.05, 0.1) is 22.2 Å². The Balaban J connectivity index is 1.45. The molecule has 0 spiro atoms. The zero-order valence-electron chi connectivity index (χ0n) is 18.0. The fourth-order valence-electron chi connectivity index (χ4n) is 3.65. The summed E-state index contributed by atoms with van der Waals surface area (Å²) in [5, 5.41) is 11.3. The van der Waals surface area contributed by atoms with E-state index in [4.69, 9.17) is 9.84 Å². The maximum absolute atomic E-state index is 13.1. The molecule has 0 unspecified atom stereocenters. The van der Waals surface area contributed by atoms with Crippen LogP contribution in [-0.2, 0) is 0 Å². The molecular weight excluding hydrogens is 466 g/mol. The van der Waals surface area contributed by atoms with E-state index in [1.165, 1.54) is 15.9 Å². The van der Waals surface area contributed by atoms with Crippen molar-refractivity contribution in [2.45, 2.75) is 0 Å². The first kappa shape index (κ1) is 20.5. The van der Waals surface area contributed by atoms with Crippen molar-refractivity contribution in [1.82, 2.24) is 24.4 Å². The zero-order valence-corrected chi connectivity index (χ0v) is 19.6. The van der Waals surface area contributed by atoms with Gasteiger partial charge in [-0.3, -0.25) is 4.79 Å². The van der Waals surface area contributed by atoms with Crippen molar-refractivity contribution in [2.75, 3.05) is 7.11 Å². The van der Waals surface area contributed by atoms with Crippen molar-refractivity contribution in [3.63, 3.8) is 0 Å². The molecule has 0 aliphatic rings. The van der Waals surface area contributed by atoms with E-state index >= 15 is 0 Å². The van der Waals surface area contributed by atoms with Gasteiger partial charge in [0, 0.05) is 17.3 Å². The van der Waals surface area contributed by atoms with Gasteiger partial charge >= 0.3 is 0 Å². The number of rotatable bonds is 5. The first-order valence-corrected chi connectivity index (χ1v) is 12.1. The molecule has 166 valence electrons. The number of nitrogens with zero attached hydrogens (tertiary/aromatic N) is 5. The van der Waals surface area contributed by atoms with E-state index in [0.717, 1.165) is 33.1 Å². The lowest BCUT2D eigenvalue weighted by molar-refractivity contribution is 0.415. The van der Waals surface area contributed by atoms with E-state index in [2.05, 4.69) is 10.1 Å². The van der Waals surface area contributed by atoms with Crippen LogP contribution in [0, 0.1) is 0 Å². The number of fused-ring (bicyclic) bond motifs is 1. The van der Waals surface area contributed by atoms with Gasteiger partial charge in [-0.15, -0.1) is 16.4 Å². The first-order chi connectivity index (χ1) is 16.7. The van der Waals surface area contributed by atoms with Crippen LogP contribution in [0.3, 0.4) is 0 Å². The molecule has 0 aliphatic heterocycles. The molecule has 0 atom stereocenters. The normalized spacial score (nSPS) is 12.0. The summed E-state index contributed by atoms with van der Waals surface area (Å²) in [5.41, 5.74) is 3.27. The molecule has 0 bridgehead atoms. The third-order valence-corrected chi connectivity index (χ3v) is 7.17. The van der Waals surface area contributed by atoms with Crippen LogP contribution < -0.4 is 14.8 Å². The molecule has 0 amide bonds. The van der Waals surface area contributed by atoms with E-state index in [1.807, 2.05) is 89.1 Å². The molecule has 0 radical (unpaired) electrons. The van der Waals surface area contributed by atoms with Crippen molar-refractivity contribution < 1.29 is 4.74 Å². The molecule has 7 nitrogen and oxygen atoms in total. The van der Waals surface area contributed by atoms with Crippen molar-refractivity contribution in [3.8, 4) is 33.4 Å². The average Bonchev–Trinajstić information content (AvgIpc) is 3.66. The molecule has 4 heterocycles. The van der Waals surface area contributed by atoms with Crippen molar-refractivity contribution >= 4 is 33.7 Å². The molecule has 9 heteroatoms. The van der Waals surface area contributed by atoms with Gasteiger partial charge in [-0.25, -0.2) is 4.68 Å². The van der Waals surface area contributed by atoms with Crippen molar-refractivity contribution in [1.29, 1.82) is 0 Å². The summed E-state index contributed by atoms with van der Waals surface area (Å²) in [6, 6.07) is 21.4. The summed E-state index contributed by atoms with van der Waals surface area (Å²) in [4.78, 5) is 19.3. The Labute approximate surface area is 201 Å². The zero-order chi connectivity index (χ0) is 23.1. The highest BCUT2D eigenvalue weighted by Crippen LogP contribution is 2.28. The fourth-order valence-corrected chi connectivity index (χ4v) is 5.28. The smallest absolute Gasteiger partial charge is 0.291 e. The molecule has 34 heavy (non-hydrogen) atoms. The Morgan fingerprint density at radius 3 is 2.50 bits per heavy atom. The van der Waals surface area contributed by atoms with Crippen LogP contribution >= 0.6 is 22.7 Å². The summed E-state index contributed by atoms with van der Waals surface area (Å²) < 4.78 is 8.96. The van der Waals surface area contributed by atoms with Gasteiger partial charge < -0.3 is 4.74 Å². The van der Waals surface area contributed by atoms with Gasteiger partial charge in [0.2, 0.25) is 4.96 Å². The van der Waals surface area contributed by atoms with E-state index in [-0.39, 0.29) is 5.56 Å². The second-order valence-corrected chi connectivity index (χ2v) is 9.42. The second-order valence-electron chi connectivity index (χ2n) is 7.46. The van der Waals surface area contributed by atoms with Crippen LogP contribution in [0.15, 0.2) is 83.1 Å². The summed E-state index contributed by atoms with van der Waals surface area (Å²) >= 11 is 2.93. The highest BCUT2D eigenvalue weighted by atomic mass is 32.1. The SMILES string of the molecule is COc1ccc(-c2nc3s/c(=C\c4cn(-c5ccccc5)nc4-c4cccs4)c(=O)n3n2)cc1. The average molecular weight is 484 g/mol. The van der Waals surface area contributed by atoms with E-state index in [0.29, 0.717) is 15.3 Å². The van der Waals surface area contributed by atoms with Gasteiger partial charge in [-0.05, 0) is 53.9 Å². The summed E-state index contributed by atoms with van der Waals surface area (Å²) in [5.74, 6) is 1.26. The highest BCUT2D eigenvalue weighted by Gasteiger charge is 2.15. The molecule has 6 aromatic rings. The number of thiophene rings is 1. The van der Waals surface area contributed by atoms with Crippen LogP contribution in [-0.4, -0.2) is 31.5 Å². The number of benzene rings is 2. The number of hydrogen-bond acceptors (Lipinski definition) is 7. The first-order valence-electron chi connectivity index (χ1n) is 10.4. The molecule has 0 fully saturated rings. The lowest BCUT2D eigenvalue weighted by atomic mass is 10.2. The van der Waals surface area contributed by atoms with E-state index < -0.39 is 0 Å². The molecule has 2 aromatic carbocycles. The van der Waals surface area contributed by atoms with Crippen molar-refractivity contribution in [2.24, 2.45) is 0 Å². The minimum Gasteiger partial charge on any atom is -0.497 e. The quantitative estimate of drug-likeness (QED) is 0.366. The predicted octanol–water partition coefficient (Wildman–Crippen LogP) is 4.29. The van der Waals surface area contributed by atoms with Gasteiger partial charge in [0.25, 0.3) is 5.56 Å². The van der Waals surface area contributed by atoms with Crippen LogP contribution in [0.2, 0.25) is 0 Å². The molecule has 0 saturated heterocycles. The standard InChI is InChI=1S/C25H17N5O2S2/c1-32-19-11-9-16(10-12-19)23-26-25-30(28-23)24(31)21(34-25)14-17-15-29(18-6-3-2-4-7-18)27-22(17)20-8-5-13-33-20/h2-15H,1H3/b21-14-. The lowest BCUT2D eigenvalue weighted by Gasteiger charge is -1.99. The Morgan fingerprint density at radius 1 is 0.971 bits per heavy atom. The van der Waals surface area contributed by atoms with Gasteiger partial charge in [0.1, 0.15) is 11.4 Å². The fraction of sp³-hybridized carbons (Fsp3) is 0.0400. The molecule has 0 aliphatic carbocycles. The number of methoxy groups -OCH3 is 1. The second kappa shape index (κ2) is 8.36. The monoisotopic (exact) mass is 483 g/mol. The number of hydrogen-bond donors (Lipinski definition) is 0. The number of ether oxygens (including phenoxy) is 1. The molecular formula is C25H17N5O2S2. The Hall–Kier alpha value is -4.08. The lowest BCUT2D eigenvalue weighted by Crippen LogP contribution is -2.23. The Morgan fingerprint density at radius 2 is 1.79 bits per heavy atom. The summed E-state index contributed by atoms with van der Waals surface area (Å²) in [6.07, 6.45) is 3.82. The maximum Gasteiger partial charge on any atom is 0.291 e. The van der Waals surface area contributed by atoms with Crippen LogP contribution in [0.4, 0.5) is 0 Å².